The van der Waals surface area contributed by atoms with E-state index in [0.717, 1.165) is 5.65 Å². The maximum atomic E-state index is 9.84. The van der Waals surface area contributed by atoms with E-state index in [0.29, 0.717) is 18.5 Å². The van der Waals surface area contributed by atoms with E-state index >= 15 is 0 Å². The molecule has 8 heteroatoms. The molecule has 3 heterocycles. The van der Waals surface area contributed by atoms with Gasteiger partial charge in [0.15, 0.2) is 5.49 Å². The van der Waals surface area contributed by atoms with Crippen LogP contribution in [-0.2, 0) is 11.3 Å². The number of hydrogen-bond donors (Lipinski definition) is 3. The van der Waals surface area contributed by atoms with Crippen molar-refractivity contribution in [1.82, 2.24) is 19.1 Å². The van der Waals surface area contributed by atoms with Crippen molar-refractivity contribution >= 4 is 11.2 Å². The fraction of sp³-hybridized carbons (Fsp3) is 0.583. The molecular weight excluding hydrogens is 262 g/mol. The van der Waals surface area contributed by atoms with Crippen LogP contribution in [0.4, 0.5) is 0 Å². The number of imidazole rings is 1. The van der Waals surface area contributed by atoms with Crippen LogP contribution in [0.2, 0.25) is 0 Å². The first-order valence-electron chi connectivity index (χ1n) is 6.56. The summed E-state index contributed by atoms with van der Waals surface area (Å²) in [5.41, 5.74) is 1.35. The highest BCUT2D eigenvalue weighted by Crippen LogP contribution is 2.30. The SMILES string of the molecule is CCn1cnc(=N)c2ncn([C@H]3C[C@H](O)[C@@H](CO)O3)c21. The van der Waals surface area contributed by atoms with Crippen LogP contribution in [0, 0.1) is 5.41 Å². The molecule has 8 nitrogen and oxygen atoms in total. The molecule has 0 unspecified atom stereocenters. The molecule has 0 aromatic carbocycles. The van der Waals surface area contributed by atoms with Crippen LogP contribution < -0.4 is 5.49 Å². The van der Waals surface area contributed by atoms with Gasteiger partial charge in [0, 0.05) is 13.0 Å². The predicted octanol–water partition coefficient (Wildman–Crippen LogP) is -0.627. The first-order valence-corrected chi connectivity index (χ1v) is 6.56. The average Bonchev–Trinajstić information content (AvgIpc) is 3.03. The summed E-state index contributed by atoms with van der Waals surface area (Å²) < 4.78 is 9.31. The second kappa shape index (κ2) is 4.97. The highest BCUT2D eigenvalue weighted by atomic mass is 16.5. The first-order chi connectivity index (χ1) is 9.65. The Morgan fingerprint density at radius 3 is 2.90 bits per heavy atom. The number of aryl methyl sites for hydroxylation is 1. The van der Waals surface area contributed by atoms with Crippen LogP contribution in [0.25, 0.3) is 11.2 Å². The van der Waals surface area contributed by atoms with E-state index in [1.54, 1.807) is 17.2 Å². The van der Waals surface area contributed by atoms with Crippen molar-refractivity contribution in [3.63, 3.8) is 0 Å². The topological polar surface area (TPSA) is 109 Å². The number of rotatable bonds is 3. The van der Waals surface area contributed by atoms with Crippen molar-refractivity contribution in [2.24, 2.45) is 0 Å². The summed E-state index contributed by atoms with van der Waals surface area (Å²) in [5, 5.41) is 26.8. The average molecular weight is 279 g/mol. The Labute approximate surface area is 114 Å². The normalized spacial score (nSPS) is 26.4. The maximum Gasteiger partial charge on any atom is 0.176 e. The minimum Gasteiger partial charge on any atom is -0.394 e. The molecule has 0 aliphatic carbocycles. The minimum absolute atomic E-state index is 0.112. The fourth-order valence-corrected chi connectivity index (χ4v) is 2.54. The minimum atomic E-state index is -0.699. The first kappa shape index (κ1) is 13.2. The van der Waals surface area contributed by atoms with Crippen LogP contribution in [0.3, 0.4) is 0 Å². The van der Waals surface area contributed by atoms with Crippen molar-refractivity contribution in [2.45, 2.75) is 38.3 Å². The molecule has 0 bridgehead atoms. The van der Waals surface area contributed by atoms with Crippen molar-refractivity contribution < 1.29 is 14.9 Å². The number of ether oxygens (including phenoxy) is 1. The number of aliphatic hydroxyl groups is 2. The predicted molar refractivity (Wildman–Crippen MR) is 68.7 cm³/mol. The molecule has 1 aliphatic heterocycles. The van der Waals surface area contributed by atoms with Crippen molar-refractivity contribution in [3.8, 4) is 0 Å². The molecule has 3 atom stereocenters. The van der Waals surface area contributed by atoms with E-state index in [1.807, 2.05) is 11.5 Å². The Balaban J connectivity index is 2.09. The Kier molecular flexibility index (Phi) is 3.28. The van der Waals surface area contributed by atoms with E-state index in [2.05, 4.69) is 9.97 Å². The van der Waals surface area contributed by atoms with Crippen molar-refractivity contribution in [2.75, 3.05) is 6.61 Å². The largest absolute Gasteiger partial charge is 0.394 e. The van der Waals surface area contributed by atoms with Gasteiger partial charge >= 0.3 is 0 Å². The van der Waals surface area contributed by atoms with Gasteiger partial charge < -0.3 is 19.5 Å². The molecule has 0 amide bonds. The Morgan fingerprint density at radius 1 is 1.45 bits per heavy atom. The van der Waals surface area contributed by atoms with Crippen LogP contribution >= 0.6 is 0 Å². The van der Waals surface area contributed by atoms with Crippen LogP contribution in [0.15, 0.2) is 12.7 Å². The molecule has 108 valence electrons. The summed E-state index contributed by atoms with van der Waals surface area (Å²) in [5.74, 6) is 0. The van der Waals surface area contributed by atoms with Gasteiger partial charge in [-0.1, -0.05) is 0 Å². The second-order valence-corrected chi connectivity index (χ2v) is 4.82. The van der Waals surface area contributed by atoms with E-state index in [1.165, 1.54) is 0 Å². The van der Waals surface area contributed by atoms with Gasteiger partial charge in [-0.15, -0.1) is 0 Å². The second-order valence-electron chi connectivity index (χ2n) is 4.82. The maximum absolute atomic E-state index is 9.84. The molecule has 2 aromatic heterocycles. The molecule has 0 spiro atoms. The zero-order chi connectivity index (χ0) is 14.3. The summed E-state index contributed by atoms with van der Waals surface area (Å²) in [6.07, 6.45) is 1.90. The molecule has 1 aliphatic rings. The van der Waals surface area contributed by atoms with Crippen LogP contribution in [0.5, 0.6) is 0 Å². The zero-order valence-corrected chi connectivity index (χ0v) is 11.1. The third-order valence-electron chi connectivity index (χ3n) is 3.63. The van der Waals surface area contributed by atoms with Gasteiger partial charge in [0.2, 0.25) is 0 Å². The number of fused-ring (bicyclic) bond motifs is 1. The molecule has 20 heavy (non-hydrogen) atoms. The summed E-state index contributed by atoms with van der Waals surface area (Å²) in [4.78, 5) is 8.20. The smallest absolute Gasteiger partial charge is 0.176 e. The summed E-state index contributed by atoms with van der Waals surface area (Å²) in [6.45, 7) is 2.44. The number of hydrogen-bond acceptors (Lipinski definition) is 6. The zero-order valence-electron chi connectivity index (χ0n) is 11.1. The monoisotopic (exact) mass is 279 g/mol. The van der Waals surface area contributed by atoms with E-state index in [-0.39, 0.29) is 12.1 Å². The molecular formula is C12H17N5O3. The standard InChI is InChI=1S/C12H17N5O3/c1-2-16-5-15-11(13)10-12(16)17(6-14-10)9-3-7(19)8(4-18)20-9/h5-9,13,18-19H,2-4H2,1H3/t7-,8+,9+/m0/s1. The van der Waals surface area contributed by atoms with Crippen molar-refractivity contribution in [3.05, 3.63) is 18.1 Å². The van der Waals surface area contributed by atoms with Gasteiger partial charge in [0.1, 0.15) is 23.5 Å². The molecule has 1 fully saturated rings. The lowest BCUT2D eigenvalue weighted by atomic mass is 10.2. The van der Waals surface area contributed by atoms with E-state index in [4.69, 9.17) is 15.3 Å². The third kappa shape index (κ3) is 1.92. The molecule has 3 rings (SSSR count). The Bertz CT molecular complexity index is 679. The fourth-order valence-electron chi connectivity index (χ4n) is 2.54. The molecule has 3 N–H and O–H groups in total. The molecule has 0 saturated carbocycles. The van der Waals surface area contributed by atoms with Gasteiger partial charge in [-0.05, 0) is 6.92 Å². The summed E-state index contributed by atoms with van der Waals surface area (Å²) in [6, 6.07) is 0. The number of nitrogens with zero attached hydrogens (tertiary/aromatic N) is 4. The lowest BCUT2D eigenvalue weighted by Crippen LogP contribution is -2.24. The van der Waals surface area contributed by atoms with Gasteiger partial charge in [-0.25, -0.2) is 9.97 Å². The van der Waals surface area contributed by atoms with Crippen LogP contribution in [-0.4, -0.2) is 48.1 Å². The lowest BCUT2D eigenvalue weighted by molar-refractivity contribution is -0.0433. The van der Waals surface area contributed by atoms with E-state index < -0.39 is 18.4 Å². The molecule has 2 aromatic rings. The Morgan fingerprint density at radius 2 is 2.25 bits per heavy atom. The Hall–Kier alpha value is -1.77. The molecule has 1 saturated heterocycles. The van der Waals surface area contributed by atoms with E-state index in [9.17, 15) is 5.11 Å². The van der Waals surface area contributed by atoms with Crippen LogP contribution in [0.1, 0.15) is 19.6 Å². The number of nitrogens with one attached hydrogen (secondary N) is 1. The number of aliphatic hydroxyl groups excluding tert-OH is 2. The highest BCUT2D eigenvalue weighted by Gasteiger charge is 2.35. The molecule has 0 radical (unpaired) electrons. The summed E-state index contributed by atoms with van der Waals surface area (Å²) in [7, 11) is 0. The number of aromatic nitrogens is 4. The van der Waals surface area contributed by atoms with Gasteiger partial charge in [0.25, 0.3) is 0 Å². The highest BCUT2D eigenvalue weighted by molar-refractivity contribution is 5.69. The quantitative estimate of drug-likeness (QED) is 0.693. The summed E-state index contributed by atoms with van der Waals surface area (Å²) >= 11 is 0. The van der Waals surface area contributed by atoms with Gasteiger partial charge in [0.05, 0.1) is 25.4 Å². The lowest BCUT2D eigenvalue weighted by Gasteiger charge is -2.16. The van der Waals surface area contributed by atoms with Gasteiger partial charge in [-0.3, -0.25) is 9.98 Å². The van der Waals surface area contributed by atoms with Gasteiger partial charge in [-0.2, -0.15) is 0 Å². The third-order valence-corrected chi connectivity index (χ3v) is 3.63. The van der Waals surface area contributed by atoms with Crippen molar-refractivity contribution in [1.29, 1.82) is 5.41 Å².